The van der Waals surface area contributed by atoms with Gasteiger partial charge in [0.25, 0.3) is 0 Å². The number of hydrogen-bond donors (Lipinski definition) is 0. The summed E-state index contributed by atoms with van der Waals surface area (Å²) < 4.78 is 21.6. The van der Waals surface area contributed by atoms with Gasteiger partial charge in [0, 0.05) is 25.6 Å². The molecule has 0 unspecified atom stereocenters. The summed E-state index contributed by atoms with van der Waals surface area (Å²) in [5, 5.41) is 0.988. The molecule has 0 fully saturated rings. The molecular formula is C19H31NO5Si. The summed E-state index contributed by atoms with van der Waals surface area (Å²) >= 11 is 0. The molecule has 1 aromatic heterocycles. The maximum absolute atomic E-state index is 12.0. The van der Waals surface area contributed by atoms with E-state index in [1.54, 1.807) is 28.3 Å². The van der Waals surface area contributed by atoms with Crippen LogP contribution in [0.2, 0.25) is 19.6 Å². The van der Waals surface area contributed by atoms with Crippen LogP contribution in [0.15, 0.2) is 12.1 Å². The van der Waals surface area contributed by atoms with Crippen molar-refractivity contribution in [2.45, 2.75) is 46.2 Å². The number of aromatic nitrogens is 1. The third-order valence-corrected chi connectivity index (χ3v) is 5.75. The predicted molar refractivity (Wildman–Crippen MR) is 105 cm³/mol. The molecule has 0 saturated carbocycles. The summed E-state index contributed by atoms with van der Waals surface area (Å²) in [6, 6.07) is 2.03. The minimum Gasteiger partial charge on any atom is -0.481 e. The Hall–Kier alpha value is -1.70. The fourth-order valence-electron chi connectivity index (χ4n) is 2.59. The maximum atomic E-state index is 12.0. The van der Waals surface area contributed by atoms with Crippen molar-refractivity contribution >= 4 is 24.9 Å². The van der Waals surface area contributed by atoms with E-state index in [1.807, 2.05) is 13.0 Å². The molecule has 0 aromatic carbocycles. The van der Waals surface area contributed by atoms with Crippen molar-refractivity contribution in [1.29, 1.82) is 0 Å². The molecule has 26 heavy (non-hydrogen) atoms. The van der Waals surface area contributed by atoms with Crippen LogP contribution in [0.1, 0.15) is 37.7 Å². The van der Waals surface area contributed by atoms with Crippen LogP contribution in [-0.2, 0) is 19.0 Å². The van der Waals surface area contributed by atoms with Gasteiger partial charge in [-0.1, -0.05) is 26.6 Å². The lowest BCUT2D eigenvalue weighted by Gasteiger charge is -2.25. The lowest BCUT2D eigenvalue weighted by molar-refractivity contribution is -0.137. The van der Waals surface area contributed by atoms with E-state index >= 15 is 0 Å². The highest BCUT2D eigenvalue weighted by atomic mass is 28.3. The van der Waals surface area contributed by atoms with Gasteiger partial charge in [0.2, 0.25) is 5.88 Å². The Kier molecular flexibility index (Phi) is 8.46. The molecule has 1 heterocycles. The summed E-state index contributed by atoms with van der Waals surface area (Å²) in [6.45, 7) is 10.7. The molecule has 0 aliphatic carbocycles. The largest absolute Gasteiger partial charge is 0.481 e. The van der Waals surface area contributed by atoms with Gasteiger partial charge in [-0.25, -0.2) is 9.78 Å². The number of carbonyl (C=O) groups is 1. The minimum absolute atomic E-state index is 0.331. The average Bonchev–Trinajstić information content (AvgIpc) is 2.60. The molecule has 6 nitrogen and oxygen atoms in total. The zero-order chi connectivity index (χ0) is 19.9. The highest BCUT2D eigenvalue weighted by Gasteiger charge is 2.28. The van der Waals surface area contributed by atoms with Crippen molar-refractivity contribution in [1.82, 2.24) is 4.98 Å². The molecule has 0 spiro atoms. The van der Waals surface area contributed by atoms with Crippen LogP contribution in [-0.4, -0.2) is 47.0 Å². The van der Waals surface area contributed by atoms with Crippen molar-refractivity contribution in [3.63, 3.8) is 0 Å². The average molecular weight is 382 g/mol. The van der Waals surface area contributed by atoms with Gasteiger partial charge in [0.15, 0.2) is 6.29 Å². The van der Waals surface area contributed by atoms with Gasteiger partial charge in [0.05, 0.1) is 19.3 Å². The van der Waals surface area contributed by atoms with Crippen LogP contribution < -0.4 is 10.1 Å². The highest BCUT2D eigenvalue weighted by Crippen LogP contribution is 2.34. The van der Waals surface area contributed by atoms with E-state index in [0.29, 0.717) is 24.5 Å². The number of methoxy groups -OCH3 is 3. The number of rotatable bonds is 9. The molecule has 1 aromatic rings. The van der Waals surface area contributed by atoms with E-state index in [0.717, 1.165) is 16.5 Å². The molecule has 0 saturated heterocycles. The van der Waals surface area contributed by atoms with Crippen LogP contribution in [0.5, 0.6) is 5.88 Å². The van der Waals surface area contributed by atoms with Crippen LogP contribution in [0.4, 0.5) is 0 Å². The van der Waals surface area contributed by atoms with Gasteiger partial charge >= 0.3 is 5.97 Å². The standard InChI is InChI=1S/C19H31NO5Si/c1-9-13(11-16(21)25-10-2)14-12-15(26(6,7)8)20-18(22-3)17(14)19(23-4)24-5/h11-12,19H,9-10H2,1-8H3. The minimum atomic E-state index is -1.72. The van der Waals surface area contributed by atoms with Crippen molar-refractivity contribution < 1.29 is 23.7 Å². The lowest BCUT2D eigenvalue weighted by Crippen LogP contribution is -2.40. The van der Waals surface area contributed by atoms with Crippen molar-refractivity contribution in [3.05, 3.63) is 23.3 Å². The normalized spacial score (nSPS) is 12.4. The number of pyridine rings is 1. The van der Waals surface area contributed by atoms with Gasteiger partial charge in [-0.2, -0.15) is 0 Å². The quantitative estimate of drug-likeness (QED) is 0.283. The lowest BCUT2D eigenvalue weighted by atomic mass is 9.98. The van der Waals surface area contributed by atoms with Gasteiger partial charge in [-0.3, -0.25) is 0 Å². The van der Waals surface area contributed by atoms with Crippen molar-refractivity contribution in [3.8, 4) is 5.88 Å². The Bertz CT molecular complexity index is 648. The summed E-state index contributed by atoms with van der Waals surface area (Å²) in [5.41, 5.74) is 2.35. The topological polar surface area (TPSA) is 66.9 Å². The Labute approximate surface area is 157 Å². The van der Waals surface area contributed by atoms with E-state index in [4.69, 9.17) is 23.9 Å². The molecule has 0 aliphatic heterocycles. The van der Waals surface area contributed by atoms with E-state index in [-0.39, 0.29) is 5.97 Å². The zero-order valence-corrected chi connectivity index (χ0v) is 18.1. The fourth-order valence-corrected chi connectivity index (χ4v) is 3.61. The van der Waals surface area contributed by atoms with Crippen LogP contribution >= 0.6 is 0 Å². The smallest absolute Gasteiger partial charge is 0.331 e. The zero-order valence-electron chi connectivity index (χ0n) is 17.1. The third kappa shape index (κ3) is 5.39. The maximum Gasteiger partial charge on any atom is 0.331 e. The number of carbonyl (C=O) groups excluding carboxylic acids is 1. The van der Waals surface area contributed by atoms with Crippen LogP contribution in [0, 0.1) is 0 Å². The van der Waals surface area contributed by atoms with E-state index in [1.165, 1.54) is 6.08 Å². The second kappa shape index (κ2) is 9.85. The summed E-state index contributed by atoms with van der Waals surface area (Å²) in [7, 11) is 2.98. The second-order valence-corrected chi connectivity index (χ2v) is 11.8. The van der Waals surface area contributed by atoms with Crippen molar-refractivity contribution in [2.75, 3.05) is 27.9 Å². The fraction of sp³-hybridized carbons (Fsp3) is 0.579. The van der Waals surface area contributed by atoms with Crippen LogP contribution in [0.25, 0.3) is 5.57 Å². The predicted octanol–water partition coefficient (Wildman–Crippen LogP) is 3.28. The molecule has 0 atom stereocenters. The second-order valence-electron chi connectivity index (χ2n) is 6.81. The summed E-state index contributed by atoms with van der Waals surface area (Å²) in [5.74, 6) is 0.0869. The number of ether oxygens (including phenoxy) is 4. The van der Waals surface area contributed by atoms with Gasteiger partial charge in [-0.05, 0) is 30.5 Å². The molecule has 0 amide bonds. The number of hydrogen-bond acceptors (Lipinski definition) is 6. The van der Waals surface area contributed by atoms with Crippen molar-refractivity contribution in [2.24, 2.45) is 0 Å². The SMILES string of the molecule is CCOC(=O)C=C(CC)c1cc([Si](C)(C)C)nc(OC)c1C(OC)OC. The monoisotopic (exact) mass is 381 g/mol. The molecule has 0 N–H and O–H groups in total. The van der Waals surface area contributed by atoms with E-state index < -0.39 is 14.4 Å². The molecule has 1 rings (SSSR count). The van der Waals surface area contributed by atoms with E-state index in [9.17, 15) is 4.79 Å². The first-order valence-corrected chi connectivity index (χ1v) is 12.3. The Morgan fingerprint density at radius 2 is 1.81 bits per heavy atom. The third-order valence-electron chi connectivity index (χ3n) is 3.95. The molecule has 0 bridgehead atoms. The molecule has 0 aliphatic rings. The molecule has 7 heteroatoms. The number of esters is 1. The highest BCUT2D eigenvalue weighted by molar-refractivity contribution is 6.88. The van der Waals surface area contributed by atoms with Gasteiger partial charge in [0.1, 0.15) is 8.07 Å². The molecule has 146 valence electrons. The molecule has 0 radical (unpaired) electrons. The first-order valence-electron chi connectivity index (χ1n) is 8.76. The summed E-state index contributed by atoms with van der Waals surface area (Å²) in [4.78, 5) is 16.8. The first-order chi connectivity index (χ1) is 12.2. The van der Waals surface area contributed by atoms with Gasteiger partial charge < -0.3 is 18.9 Å². The van der Waals surface area contributed by atoms with Crippen LogP contribution in [0.3, 0.4) is 0 Å². The number of nitrogens with zero attached hydrogens (tertiary/aromatic N) is 1. The van der Waals surface area contributed by atoms with E-state index in [2.05, 4.69) is 19.6 Å². The Morgan fingerprint density at radius 3 is 2.23 bits per heavy atom. The summed E-state index contributed by atoms with van der Waals surface area (Å²) in [6.07, 6.45) is 1.52. The Balaban J connectivity index is 3.75. The molecular weight excluding hydrogens is 350 g/mol. The Morgan fingerprint density at radius 1 is 1.19 bits per heavy atom. The number of allylic oxidation sites excluding steroid dienone is 1. The van der Waals surface area contributed by atoms with Gasteiger partial charge in [-0.15, -0.1) is 0 Å². The first kappa shape index (κ1) is 22.3.